The summed E-state index contributed by atoms with van der Waals surface area (Å²) < 4.78 is 0. The molecule has 0 amide bonds. The van der Waals surface area contributed by atoms with Crippen molar-refractivity contribution in [1.82, 2.24) is 0 Å². The molecule has 0 N–H and O–H groups in total. The molecule has 98 valence electrons. The third-order valence-corrected chi connectivity index (χ3v) is 4.42. The van der Waals surface area contributed by atoms with Crippen molar-refractivity contribution >= 4 is 28.7 Å². The van der Waals surface area contributed by atoms with Crippen LogP contribution in [0.2, 0.25) is 5.02 Å². The van der Waals surface area contributed by atoms with Crippen LogP contribution in [-0.2, 0) is 0 Å². The van der Waals surface area contributed by atoms with Crippen LogP contribution in [0.15, 0.2) is 66.0 Å². The van der Waals surface area contributed by atoms with Gasteiger partial charge in [0.1, 0.15) is 0 Å². The molecule has 3 rings (SSSR count). The van der Waals surface area contributed by atoms with Gasteiger partial charge in [0.25, 0.3) is 0 Å². The van der Waals surface area contributed by atoms with Gasteiger partial charge in [-0.25, -0.2) is 0 Å². The number of ketones is 1. The minimum Gasteiger partial charge on any atom is -0.288 e. The summed E-state index contributed by atoms with van der Waals surface area (Å²) in [5.74, 6) is -0.0235. The zero-order valence-electron chi connectivity index (χ0n) is 10.5. The quantitative estimate of drug-likeness (QED) is 0.600. The van der Waals surface area contributed by atoms with Gasteiger partial charge in [0.15, 0.2) is 0 Å². The molecule has 0 radical (unpaired) electrons. The smallest absolute Gasteiger partial charge is 0.204 e. The third-order valence-electron chi connectivity index (χ3n) is 3.08. The summed E-state index contributed by atoms with van der Waals surface area (Å²) in [4.78, 5) is 12.9. The van der Waals surface area contributed by atoms with Crippen molar-refractivity contribution in [2.75, 3.05) is 0 Å². The van der Waals surface area contributed by atoms with E-state index < -0.39 is 0 Å². The highest BCUT2D eigenvalue weighted by Crippen LogP contribution is 2.26. The second-order valence-corrected chi connectivity index (χ2v) is 5.69. The summed E-state index contributed by atoms with van der Waals surface area (Å²) in [6.45, 7) is 0. The lowest BCUT2D eigenvalue weighted by Gasteiger charge is -2.03. The Morgan fingerprint density at radius 3 is 2.10 bits per heavy atom. The number of thiophene rings is 1. The van der Waals surface area contributed by atoms with Crippen LogP contribution in [0.25, 0.3) is 11.1 Å². The van der Waals surface area contributed by atoms with E-state index in [1.54, 1.807) is 6.07 Å². The topological polar surface area (TPSA) is 17.1 Å². The molecule has 3 aromatic rings. The first-order valence-corrected chi connectivity index (χ1v) is 7.44. The first-order chi connectivity index (χ1) is 9.75. The Morgan fingerprint density at radius 1 is 0.850 bits per heavy atom. The maximum Gasteiger partial charge on any atom is 0.204 e. The molecule has 0 unspecified atom stereocenters. The van der Waals surface area contributed by atoms with Crippen LogP contribution in [0.5, 0.6) is 0 Å². The number of carbonyl (C=O) groups is 1. The van der Waals surface area contributed by atoms with Gasteiger partial charge in [-0.15, -0.1) is 11.3 Å². The van der Waals surface area contributed by atoms with Gasteiger partial charge in [-0.05, 0) is 22.6 Å². The predicted molar refractivity (Wildman–Crippen MR) is 84.6 cm³/mol. The monoisotopic (exact) mass is 298 g/mol. The molecule has 0 aliphatic rings. The van der Waals surface area contributed by atoms with E-state index in [1.807, 2.05) is 60.0 Å². The Hall–Kier alpha value is -1.90. The van der Waals surface area contributed by atoms with E-state index in [0.29, 0.717) is 15.5 Å². The molecular formula is C17H11ClOS. The van der Waals surface area contributed by atoms with Gasteiger partial charge in [0.2, 0.25) is 5.78 Å². The number of halogens is 1. The summed E-state index contributed by atoms with van der Waals surface area (Å²) in [5.41, 5.74) is 2.90. The van der Waals surface area contributed by atoms with Crippen LogP contribution >= 0.6 is 22.9 Å². The molecule has 0 spiro atoms. The largest absolute Gasteiger partial charge is 0.288 e. The molecular weight excluding hydrogens is 288 g/mol. The molecule has 0 saturated carbocycles. The summed E-state index contributed by atoms with van der Waals surface area (Å²) >= 11 is 7.37. The molecule has 0 aliphatic heterocycles. The molecule has 3 heteroatoms. The Balaban J connectivity index is 1.91. The van der Waals surface area contributed by atoms with Gasteiger partial charge in [-0.2, -0.15) is 0 Å². The van der Waals surface area contributed by atoms with Crippen LogP contribution < -0.4 is 0 Å². The molecule has 0 aliphatic carbocycles. The zero-order chi connectivity index (χ0) is 13.9. The van der Waals surface area contributed by atoms with Gasteiger partial charge in [-0.1, -0.05) is 66.2 Å². The standard InChI is InChI=1S/C17H11ClOS/c18-15-10-11-20-17(15)16(19)14-8-6-13(7-9-14)12-4-2-1-3-5-12/h1-11H. The van der Waals surface area contributed by atoms with E-state index in [0.717, 1.165) is 11.1 Å². The second-order valence-electron chi connectivity index (χ2n) is 4.37. The van der Waals surface area contributed by atoms with Crippen molar-refractivity contribution in [3.63, 3.8) is 0 Å². The van der Waals surface area contributed by atoms with Crippen LogP contribution in [0.1, 0.15) is 15.2 Å². The maximum atomic E-state index is 12.3. The van der Waals surface area contributed by atoms with Crippen LogP contribution in [0, 0.1) is 0 Å². The summed E-state index contributed by atoms with van der Waals surface area (Å²) in [7, 11) is 0. The minimum absolute atomic E-state index is 0.0235. The van der Waals surface area contributed by atoms with Crippen LogP contribution in [0.4, 0.5) is 0 Å². The van der Waals surface area contributed by atoms with E-state index in [4.69, 9.17) is 11.6 Å². The third kappa shape index (κ3) is 2.53. The average Bonchev–Trinajstić information content (AvgIpc) is 2.94. The molecule has 1 aromatic heterocycles. The fraction of sp³-hybridized carbons (Fsp3) is 0. The lowest BCUT2D eigenvalue weighted by Crippen LogP contribution is -1.98. The van der Waals surface area contributed by atoms with Crippen molar-refractivity contribution in [2.45, 2.75) is 0 Å². The predicted octanol–water partition coefficient (Wildman–Crippen LogP) is 5.30. The van der Waals surface area contributed by atoms with E-state index in [1.165, 1.54) is 11.3 Å². The van der Waals surface area contributed by atoms with E-state index in [-0.39, 0.29) is 5.78 Å². The van der Waals surface area contributed by atoms with E-state index in [9.17, 15) is 4.79 Å². The number of hydrogen-bond acceptors (Lipinski definition) is 2. The molecule has 0 fully saturated rings. The van der Waals surface area contributed by atoms with Gasteiger partial charge < -0.3 is 0 Å². The van der Waals surface area contributed by atoms with E-state index >= 15 is 0 Å². The first kappa shape index (κ1) is 13.1. The molecule has 0 bridgehead atoms. The van der Waals surface area contributed by atoms with Crippen molar-refractivity contribution in [2.24, 2.45) is 0 Å². The fourth-order valence-corrected chi connectivity index (χ4v) is 3.13. The highest BCUT2D eigenvalue weighted by Gasteiger charge is 2.14. The van der Waals surface area contributed by atoms with E-state index in [2.05, 4.69) is 0 Å². The van der Waals surface area contributed by atoms with Crippen molar-refractivity contribution in [1.29, 1.82) is 0 Å². The van der Waals surface area contributed by atoms with Crippen molar-refractivity contribution in [3.05, 3.63) is 81.5 Å². The first-order valence-electron chi connectivity index (χ1n) is 6.19. The van der Waals surface area contributed by atoms with Gasteiger partial charge >= 0.3 is 0 Å². The minimum atomic E-state index is -0.0235. The Bertz CT molecular complexity index is 729. The number of carbonyl (C=O) groups excluding carboxylic acids is 1. The molecule has 1 nitrogen and oxygen atoms in total. The molecule has 20 heavy (non-hydrogen) atoms. The van der Waals surface area contributed by atoms with Crippen molar-refractivity contribution < 1.29 is 4.79 Å². The number of benzene rings is 2. The second kappa shape index (κ2) is 5.61. The van der Waals surface area contributed by atoms with Gasteiger partial charge in [0.05, 0.1) is 9.90 Å². The lowest BCUT2D eigenvalue weighted by atomic mass is 10.0. The van der Waals surface area contributed by atoms with Crippen molar-refractivity contribution in [3.8, 4) is 11.1 Å². The van der Waals surface area contributed by atoms with Gasteiger partial charge in [0, 0.05) is 5.56 Å². The Kier molecular flexibility index (Phi) is 3.68. The summed E-state index contributed by atoms with van der Waals surface area (Å²) in [6, 6.07) is 19.5. The SMILES string of the molecule is O=C(c1ccc(-c2ccccc2)cc1)c1sccc1Cl. The maximum absolute atomic E-state index is 12.3. The number of rotatable bonds is 3. The molecule has 0 saturated heterocycles. The average molecular weight is 299 g/mol. The molecule has 0 atom stereocenters. The van der Waals surface area contributed by atoms with Crippen LogP contribution in [0.3, 0.4) is 0 Å². The summed E-state index contributed by atoms with van der Waals surface area (Å²) in [5, 5.41) is 2.35. The normalized spacial score (nSPS) is 10.4. The summed E-state index contributed by atoms with van der Waals surface area (Å²) in [6.07, 6.45) is 0. The Morgan fingerprint density at radius 2 is 1.50 bits per heavy atom. The molecule has 2 aromatic carbocycles. The highest BCUT2D eigenvalue weighted by molar-refractivity contribution is 7.13. The van der Waals surface area contributed by atoms with Crippen LogP contribution in [-0.4, -0.2) is 5.78 Å². The Labute approximate surface area is 126 Å². The highest BCUT2D eigenvalue weighted by atomic mass is 35.5. The zero-order valence-corrected chi connectivity index (χ0v) is 12.1. The fourth-order valence-electron chi connectivity index (χ4n) is 2.03. The lowest BCUT2D eigenvalue weighted by molar-refractivity contribution is 0.104. The molecule has 1 heterocycles. The number of hydrogen-bond donors (Lipinski definition) is 0. The van der Waals surface area contributed by atoms with Gasteiger partial charge in [-0.3, -0.25) is 4.79 Å².